The molecule has 0 radical (unpaired) electrons. The number of aromatic amines is 1. The maximum absolute atomic E-state index is 13.6. The number of hydrogen-bond acceptors (Lipinski definition) is 3. The first-order valence-electron chi connectivity index (χ1n) is 9.59. The van der Waals surface area contributed by atoms with Crippen molar-refractivity contribution in [3.63, 3.8) is 0 Å². The minimum Gasteiger partial charge on any atom is -0.336 e. The zero-order valence-corrected chi connectivity index (χ0v) is 15.2. The van der Waals surface area contributed by atoms with Crippen LogP contribution >= 0.6 is 0 Å². The number of benzene rings is 1. The predicted octanol–water partition coefficient (Wildman–Crippen LogP) is 3.15. The lowest BCUT2D eigenvalue weighted by Crippen LogP contribution is -2.46. The molecule has 0 bridgehead atoms. The van der Waals surface area contributed by atoms with E-state index in [0.717, 1.165) is 42.7 Å². The summed E-state index contributed by atoms with van der Waals surface area (Å²) in [5.41, 5.74) is 9.05. The van der Waals surface area contributed by atoms with Crippen LogP contribution in [-0.4, -0.2) is 33.6 Å². The monoisotopic (exact) mass is 374 g/mol. The Bertz CT molecular complexity index is 845. The number of hydrogen-bond donors (Lipinski definition) is 2. The van der Waals surface area contributed by atoms with Crippen molar-refractivity contribution in [3.05, 3.63) is 41.1 Å². The molecule has 0 saturated heterocycles. The quantitative estimate of drug-likeness (QED) is 0.863. The minimum absolute atomic E-state index is 0.0370. The first-order chi connectivity index (χ1) is 13.0. The van der Waals surface area contributed by atoms with Gasteiger partial charge in [0.25, 0.3) is 0 Å². The summed E-state index contributed by atoms with van der Waals surface area (Å²) in [6, 6.07) is 3.25. The number of fused-ring (bicyclic) bond motifs is 1. The number of nitrogens with one attached hydrogen (secondary N) is 1. The molecule has 2 aliphatic rings. The van der Waals surface area contributed by atoms with Crippen molar-refractivity contribution in [1.82, 2.24) is 15.1 Å². The Kier molecular flexibility index (Phi) is 4.95. The van der Waals surface area contributed by atoms with Gasteiger partial charge in [-0.25, -0.2) is 8.78 Å². The summed E-state index contributed by atoms with van der Waals surface area (Å²) in [6.45, 7) is 0.973. The lowest BCUT2D eigenvalue weighted by molar-refractivity contribution is -0.133. The van der Waals surface area contributed by atoms with Crippen molar-refractivity contribution in [3.8, 4) is 11.3 Å². The normalized spacial score (nSPS) is 18.6. The molecule has 1 unspecified atom stereocenters. The third-order valence-corrected chi connectivity index (χ3v) is 5.82. The van der Waals surface area contributed by atoms with Gasteiger partial charge in [-0.3, -0.25) is 9.89 Å². The standard InChI is InChI=1S/C20H24F2N4O/c21-15-6-5-13(10-16(15)22)19-14-11-26(8-7-18(14)24-25-19)20(27)17(23)9-12-3-1-2-4-12/h5-6,10,12,17H,1-4,7-9,11,23H2,(H,24,25). The van der Waals surface area contributed by atoms with E-state index in [4.69, 9.17) is 5.73 Å². The van der Waals surface area contributed by atoms with Crippen molar-refractivity contribution in [1.29, 1.82) is 0 Å². The summed E-state index contributed by atoms with van der Waals surface area (Å²) >= 11 is 0. The third kappa shape index (κ3) is 3.60. The Balaban J connectivity index is 1.51. The fourth-order valence-electron chi connectivity index (χ4n) is 4.31. The van der Waals surface area contributed by atoms with Gasteiger partial charge in [-0.1, -0.05) is 25.7 Å². The van der Waals surface area contributed by atoms with Crippen LogP contribution in [0.25, 0.3) is 11.3 Å². The summed E-state index contributed by atoms with van der Waals surface area (Å²) in [5.74, 6) is -1.29. The first kappa shape index (κ1) is 18.1. The highest BCUT2D eigenvalue weighted by molar-refractivity contribution is 5.82. The van der Waals surface area contributed by atoms with E-state index in [9.17, 15) is 13.6 Å². The number of halogens is 2. The minimum atomic E-state index is -0.911. The van der Waals surface area contributed by atoms with Crippen molar-refractivity contribution < 1.29 is 13.6 Å². The van der Waals surface area contributed by atoms with E-state index < -0.39 is 17.7 Å². The molecule has 1 saturated carbocycles. The van der Waals surface area contributed by atoms with E-state index in [1.54, 1.807) is 4.90 Å². The second-order valence-corrected chi connectivity index (χ2v) is 7.66. The van der Waals surface area contributed by atoms with E-state index in [1.165, 1.54) is 18.9 Å². The Labute approximate surface area is 156 Å². The van der Waals surface area contributed by atoms with E-state index >= 15 is 0 Å². The van der Waals surface area contributed by atoms with Crippen LogP contribution in [0.5, 0.6) is 0 Å². The van der Waals surface area contributed by atoms with Gasteiger partial charge in [0.1, 0.15) is 0 Å². The largest absolute Gasteiger partial charge is 0.336 e. The van der Waals surface area contributed by atoms with E-state index in [0.29, 0.717) is 36.7 Å². The summed E-state index contributed by atoms with van der Waals surface area (Å²) in [4.78, 5) is 14.6. The predicted molar refractivity (Wildman–Crippen MR) is 97.6 cm³/mol. The van der Waals surface area contributed by atoms with Gasteiger partial charge < -0.3 is 10.6 Å². The number of nitrogens with zero attached hydrogens (tertiary/aromatic N) is 2. The van der Waals surface area contributed by atoms with Crippen LogP contribution in [0.2, 0.25) is 0 Å². The van der Waals surface area contributed by atoms with Crippen LogP contribution in [0.1, 0.15) is 43.4 Å². The zero-order valence-electron chi connectivity index (χ0n) is 15.2. The van der Waals surface area contributed by atoms with Crippen LogP contribution < -0.4 is 5.73 Å². The SMILES string of the molecule is NC(CC1CCCC1)C(=O)N1CCc2[nH]nc(-c3ccc(F)c(F)c3)c2C1. The number of rotatable bonds is 4. The molecule has 27 heavy (non-hydrogen) atoms. The lowest BCUT2D eigenvalue weighted by atomic mass is 9.96. The Morgan fingerprint density at radius 3 is 2.81 bits per heavy atom. The molecule has 3 N–H and O–H groups in total. The first-order valence-corrected chi connectivity index (χ1v) is 9.59. The summed E-state index contributed by atoms with van der Waals surface area (Å²) in [7, 11) is 0. The second-order valence-electron chi connectivity index (χ2n) is 7.66. The molecule has 2 heterocycles. The van der Waals surface area contributed by atoms with Gasteiger partial charge in [0.05, 0.1) is 11.7 Å². The number of amides is 1. The van der Waals surface area contributed by atoms with Crippen molar-refractivity contribution in [2.24, 2.45) is 11.7 Å². The highest BCUT2D eigenvalue weighted by Gasteiger charge is 2.30. The van der Waals surface area contributed by atoms with Gasteiger partial charge in [-0.2, -0.15) is 5.10 Å². The van der Waals surface area contributed by atoms with Gasteiger partial charge in [-0.15, -0.1) is 0 Å². The molecule has 1 aliphatic heterocycles. The maximum atomic E-state index is 13.6. The zero-order chi connectivity index (χ0) is 19.0. The van der Waals surface area contributed by atoms with Crippen molar-refractivity contribution in [2.45, 2.75) is 51.1 Å². The molecule has 1 amide bonds. The Hall–Kier alpha value is -2.28. The number of nitrogens with two attached hydrogens (primary N) is 1. The maximum Gasteiger partial charge on any atom is 0.239 e. The molecule has 5 nitrogen and oxygen atoms in total. The Morgan fingerprint density at radius 2 is 2.07 bits per heavy atom. The van der Waals surface area contributed by atoms with Crippen molar-refractivity contribution in [2.75, 3.05) is 6.54 Å². The molecular formula is C20H24F2N4O. The number of carbonyl (C=O) groups is 1. The molecule has 1 aromatic heterocycles. The summed E-state index contributed by atoms with van der Waals surface area (Å²) < 4.78 is 26.8. The second kappa shape index (κ2) is 7.38. The average molecular weight is 374 g/mol. The van der Waals surface area contributed by atoms with Crippen LogP contribution in [0, 0.1) is 17.6 Å². The topological polar surface area (TPSA) is 75.0 Å². The van der Waals surface area contributed by atoms with Gasteiger partial charge in [-0.05, 0) is 30.5 Å². The number of carbonyl (C=O) groups excluding carboxylic acids is 1. The van der Waals surface area contributed by atoms with Crippen LogP contribution in [0.3, 0.4) is 0 Å². The molecule has 1 fully saturated rings. The van der Waals surface area contributed by atoms with E-state index in [2.05, 4.69) is 10.2 Å². The van der Waals surface area contributed by atoms with Crippen LogP contribution in [-0.2, 0) is 17.8 Å². The van der Waals surface area contributed by atoms with Gasteiger partial charge in [0.2, 0.25) is 5.91 Å². The molecule has 0 spiro atoms. The third-order valence-electron chi connectivity index (χ3n) is 5.82. The van der Waals surface area contributed by atoms with Crippen LogP contribution in [0.15, 0.2) is 18.2 Å². The van der Waals surface area contributed by atoms with E-state index in [1.807, 2.05) is 0 Å². The highest BCUT2D eigenvalue weighted by atomic mass is 19.2. The van der Waals surface area contributed by atoms with Gasteiger partial charge in [0.15, 0.2) is 11.6 Å². The molecule has 144 valence electrons. The summed E-state index contributed by atoms with van der Waals surface area (Å²) in [6.07, 6.45) is 6.16. The molecule has 1 aliphatic carbocycles. The molecule has 1 aromatic carbocycles. The number of H-pyrrole nitrogens is 1. The van der Waals surface area contributed by atoms with Gasteiger partial charge >= 0.3 is 0 Å². The van der Waals surface area contributed by atoms with Crippen molar-refractivity contribution >= 4 is 5.91 Å². The lowest BCUT2D eigenvalue weighted by Gasteiger charge is -2.30. The smallest absolute Gasteiger partial charge is 0.239 e. The molecule has 7 heteroatoms. The van der Waals surface area contributed by atoms with E-state index in [-0.39, 0.29) is 5.91 Å². The average Bonchev–Trinajstić information content (AvgIpc) is 3.32. The Morgan fingerprint density at radius 1 is 1.30 bits per heavy atom. The number of aromatic nitrogens is 2. The fraction of sp³-hybridized carbons (Fsp3) is 0.500. The molecular weight excluding hydrogens is 350 g/mol. The fourth-order valence-corrected chi connectivity index (χ4v) is 4.31. The molecule has 2 aromatic rings. The summed E-state index contributed by atoms with van der Waals surface area (Å²) in [5, 5.41) is 7.25. The van der Waals surface area contributed by atoms with Gasteiger partial charge in [0, 0.05) is 36.3 Å². The van der Waals surface area contributed by atoms with Crippen LogP contribution in [0.4, 0.5) is 8.78 Å². The molecule has 1 atom stereocenters. The molecule has 4 rings (SSSR count). The highest BCUT2D eigenvalue weighted by Crippen LogP contribution is 2.31.